The number of hydrogen-bond donors (Lipinski definition) is 1. The van der Waals surface area contributed by atoms with Crippen molar-refractivity contribution in [2.45, 2.75) is 33.1 Å². The fourth-order valence-electron chi connectivity index (χ4n) is 2.98. The van der Waals surface area contributed by atoms with E-state index in [4.69, 9.17) is 4.74 Å². The maximum absolute atomic E-state index is 12.4. The largest absolute Gasteiger partial charge is 0.450 e. The van der Waals surface area contributed by atoms with Crippen LogP contribution in [-0.4, -0.2) is 61.1 Å². The van der Waals surface area contributed by atoms with Crippen molar-refractivity contribution < 1.29 is 14.3 Å². The van der Waals surface area contributed by atoms with Crippen LogP contribution in [0.3, 0.4) is 0 Å². The number of para-hydroxylation sites is 1. The van der Waals surface area contributed by atoms with Gasteiger partial charge in [0.05, 0.1) is 6.61 Å². The first kappa shape index (κ1) is 19.1. The molecule has 0 spiro atoms. The van der Waals surface area contributed by atoms with E-state index in [0.717, 1.165) is 5.69 Å². The Morgan fingerprint density at radius 1 is 1.12 bits per heavy atom. The Morgan fingerprint density at radius 2 is 1.76 bits per heavy atom. The maximum Gasteiger partial charge on any atom is 0.409 e. The Morgan fingerprint density at radius 3 is 2.40 bits per heavy atom. The first-order valence-electron chi connectivity index (χ1n) is 9.05. The van der Waals surface area contributed by atoms with Crippen molar-refractivity contribution in [3.63, 3.8) is 0 Å². The lowest BCUT2D eigenvalue weighted by Gasteiger charge is -2.34. The molecule has 138 valence electrons. The molecule has 6 nitrogen and oxygen atoms in total. The summed E-state index contributed by atoms with van der Waals surface area (Å²) >= 11 is 0. The number of nitrogens with zero attached hydrogens (tertiary/aromatic N) is 2. The summed E-state index contributed by atoms with van der Waals surface area (Å²) in [5.41, 5.74) is 2.36. The fourth-order valence-corrected chi connectivity index (χ4v) is 2.98. The van der Waals surface area contributed by atoms with Gasteiger partial charge >= 0.3 is 6.09 Å². The summed E-state index contributed by atoms with van der Waals surface area (Å²) in [5.74, 6) is 0.563. The zero-order valence-corrected chi connectivity index (χ0v) is 15.5. The number of piperazine rings is 1. The van der Waals surface area contributed by atoms with Gasteiger partial charge in [0, 0.05) is 44.8 Å². The van der Waals surface area contributed by atoms with Crippen LogP contribution in [0, 0.1) is 0 Å². The van der Waals surface area contributed by atoms with Gasteiger partial charge in [-0.05, 0) is 24.5 Å². The minimum absolute atomic E-state index is 0.123. The van der Waals surface area contributed by atoms with Gasteiger partial charge in [0.1, 0.15) is 0 Å². The minimum Gasteiger partial charge on any atom is -0.450 e. The van der Waals surface area contributed by atoms with E-state index in [1.807, 2.05) is 17.0 Å². The van der Waals surface area contributed by atoms with Crippen molar-refractivity contribution in [2.75, 3.05) is 44.6 Å². The van der Waals surface area contributed by atoms with Crippen molar-refractivity contribution in [1.82, 2.24) is 9.80 Å². The van der Waals surface area contributed by atoms with E-state index in [-0.39, 0.29) is 12.0 Å². The Bertz CT molecular complexity index is 581. The molecule has 0 unspecified atom stereocenters. The molecule has 2 amide bonds. The van der Waals surface area contributed by atoms with E-state index >= 15 is 0 Å². The molecule has 0 saturated carbocycles. The highest BCUT2D eigenvalue weighted by molar-refractivity contribution is 5.77. The number of hydrogen-bond acceptors (Lipinski definition) is 4. The van der Waals surface area contributed by atoms with Gasteiger partial charge in [-0.3, -0.25) is 4.79 Å². The summed E-state index contributed by atoms with van der Waals surface area (Å²) in [7, 11) is 0. The number of rotatable bonds is 6. The molecule has 6 heteroatoms. The van der Waals surface area contributed by atoms with Crippen LogP contribution >= 0.6 is 0 Å². The van der Waals surface area contributed by atoms with Gasteiger partial charge in [-0.15, -0.1) is 0 Å². The van der Waals surface area contributed by atoms with Gasteiger partial charge in [-0.2, -0.15) is 0 Å². The van der Waals surface area contributed by atoms with Crippen LogP contribution in [0.1, 0.15) is 38.7 Å². The van der Waals surface area contributed by atoms with E-state index in [0.29, 0.717) is 51.7 Å². The lowest BCUT2D eigenvalue weighted by molar-refractivity contribution is -0.132. The predicted octanol–water partition coefficient (Wildman–Crippen LogP) is 2.91. The quantitative estimate of drug-likeness (QED) is 0.859. The summed E-state index contributed by atoms with van der Waals surface area (Å²) in [6.45, 7) is 9.32. The minimum atomic E-state index is -0.290. The van der Waals surface area contributed by atoms with E-state index in [2.05, 4.69) is 31.3 Å². The van der Waals surface area contributed by atoms with Gasteiger partial charge in [0.15, 0.2) is 0 Å². The first-order chi connectivity index (χ1) is 12.0. The van der Waals surface area contributed by atoms with Crippen LogP contribution < -0.4 is 5.32 Å². The van der Waals surface area contributed by atoms with Crippen LogP contribution in [0.15, 0.2) is 24.3 Å². The monoisotopic (exact) mass is 347 g/mol. The molecule has 1 N–H and O–H groups in total. The second kappa shape index (κ2) is 9.30. The van der Waals surface area contributed by atoms with Gasteiger partial charge in [-0.25, -0.2) is 4.79 Å². The number of nitrogens with one attached hydrogen (secondary N) is 1. The number of anilines is 1. The predicted molar refractivity (Wildman–Crippen MR) is 98.8 cm³/mol. The van der Waals surface area contributed by atoms with Gasteiger partial charge in [0.25, 0.3) is 0 Å². The zero-order valence-electron chi connectivity index (χ0n) is 15.5. The summed E-state index contributed by atoms with van der Waals surface area (Å²) in [5, 5.41) is 3.38. The van der Waals surface area contributed by atoms with Crippen molar-refractivity contribution in [2.24, 2.45) is 0 Å². The smallest absolute Gasteiger partial charge is 0.409 e. The Labute approximate surface area is 150 Å². The molecular formula is C19H29N3O3. The van der Waals surface area contributed by atoms with E-state index in [1.165, 1.54) is 5.56 Å². The number of carbonyl (C=O) groups excluding carboxylic acids is 2. The van der Waals surface area contributed by atoms with Crippen LogP contribution in [0.2, 0.25) is 0 Å². The molecular weight excluding hydrogens is 318 g/mol. The molecule has 0 atom stereocenters. The molecule has 0 bridgehead atoms. The first-order valence-corrected chi connectivity index (χ1v) is 9.05. The molecule has 1 aliphatic rings. The average Bonchev–Trinajstić information content (AvgIpc) is 2.62. The van der Waals surface area contributed by atoms with Crippen molar-refractivity contribution in [3.8, 4) is 0 Å². The molecule has 1 heterocycles. The SMILES string of the molecule is CCOC(=O)N1CCN(C(=O)CCNc2ccccc2C(C)C)CC1. The van der Waals surface area contributed by atoms with Gasteiger partial charge in [0.2, 0.25) is 5.91 Å². The fraction of sp³-hybridized carbons (Fsp3) is 0.579. The third-order valence-electron chi connectivity index (χ3n) is 4.40. The number of amides is 2. The molecule has 25 heavy (non-hydrogen) atoms. The molecule has 1 aliphatic heterocycles. The Balaban J connectivity index is 1.76. The zero-order chi connectivity index (χ0) is 18.2. The molecule has 0 aliphatic carbocycles. The third kappa shape index (κ3) is 5.37. The summed E-state index contributed by atoms with van der Waals surface area (Å²) in [6.07, 6.45) is 0.160. The molecule has 2 rings (SSSR count). The second-order valence-electron chi connectivity index (χ2n) is 6.49. The molecule has 0 aromatic heterocycles. The normalized spacial score (nSPS) is 14.6. The Hall–Kier alpha value is -2.24. The number of benzene rings is 1. The van der Waals surface area contributed by atoms with E-state index in [1.54, 1.807) is 11.8 Å². The molecule has 1 saturated heterocycles. The molecule has 1 aromatic carbocycles. The van der Waals surface area contributed by atoms with Crippen molar-refractivity contribution >= 4 is 17.7 Å². The average molecular weight is 347 g/mol. The molecule has 1 fully saturated rings. The summed E-state index contributed by atoms with van der Waals surface area (Å²) in [6, 6.07) is 8.21. The highest BCUT2D eigenvalue weighted by Crippen LogP contribution is 2.23. The third-order valence-corrected chi connectivity index (χ3v) is 4.40. The van der Waals surface area contributed by atoms with E-state index in [9.17, 15) is 9.59 Å². The van der Waals surface area contributed by atoms with Crippen LogP contribution in [0.5, 0.6) is 0 Å². The van der Waals surface area contributed by atoms with Gasteiger partial charge in [-0.1, -0.05) is 32.0 Å². The maximum atomic E-state index is 12.4. The number of ether oxygens (including phenoxy) is 1. The standard InChI is InChI=1S/C19H29N3O3/c1-4-25-19(24)22-13-11-21(12-14-22)18(23)9-10-20-17-8-6-5-7-16(17)15(2)3/h5-8,15,20H,4,9-14H2,1-3H3. The van der Waals surface area contributed by atoms with E-state index < -0.39 is 0 Å². The summed E-state index contributed by atoms with van der Waals surface area (Å²) in [4.78, 5) is 27.5. The van der Waals surface area contributed by atoms with Crippen molar-refractivity contribution in [3.05, 3.63) is 29.8 Å². The highest BCUT2D eigenvalue weighted by atomic mass is 16.6. The van der Waals surface area contributed by atoms with Crippen LogP contribution in [0.25, 0.3) is 0 Å². The number of carbonyl (C=O) groups is 2. The lowest BCUT2D eigenvalue weighted by atomic mass is 10.0. The second-order valence-corrected chi connectivity index (χ2v) is 6.49. The van der Waals surface area contributed by atoms with Crippen LogP contribution in [-0.2, 0) is 9.53 Å². The topological polar surface area (TPSA) is 61.9 Å². The van der Waals surface area contributed by atoms with Crippen LogP contribution in [0.4, 0.5) is 10.5 Å². The summed E-state index contributed by atoms with van der Waals surface area (Å²) < 4.78 is 4.99. The van der Waals surface area contributed by atoms with Crippen molar-refractivity contribution in [1.29, 1.82) is 0 Å². The lowest BCUT2D eigenvalue weighted by Crippen LogP contribution is -2.50. The van der Waals surface area contributed by atoms with Gasteiger partial charge < -0.3 is 19.9 Å². The Kier molecular flexibility index (Phi) is 7.10. The highest BCUT2D eigenvalue weighted by Gasteiger charge is 2.24. The molecule has 0 radical (unpaired) electrons. The molecule has 1 aromatic rings.